The van der Waals surface area contributed by atoms with Crippen LogP contribution in [0.1, 0.15) is 17.2 Å². The molecule has 2 atom stereocenters. The van der Waals surface area contributed by atoms with E-state index in [1.54, 1.807) is 18.4 Å². The summed E-state index contributed by atoms with van der Waals surface area (Å²) >= 11 is 1.73. The van der Waals surface area contributed by atoms with Crippen molar-refractivity contribution in [2.24, 2.45) is 5.92 Å². The number of hydrogen-bond acceptors (Lipinski definition) is 3. The minimum atomic E-state index is 0.103. The average Bonchev–Trinajstić information content (AvgIpc) is 3.05. The van der Waals surface area contributed by atoms with E-state index in [1.165, 1.54) is 4.88 Å². The van der Waals surface area contributed by atoms with Gasteiger partial charge in [0.15, 0.2) is 0 Å². The van der Waals surface area contributed by atoms with Crippen LogP contribution in [0, 0.1) is 5.92 Å². The zero-order valence-electron chi connectivity index (χ0n) is 10.6. The van der Waals surface area contributed by atoms with Gasteiger partial charge in [-0.25, -0.2) is 0 Å². The first-order valence-corrected chi connectivity index (χ1v) is 7.14. The maximum absolute atomic E-state index is 12.1. The molecule has 3 rings (SSSR count). The summed E-state index contributed by atoms with van der Waals surface area (Å²) in [5.41, 5.74) is 0.793. The highest BCUT2D eigenvalue weighted by atomic mass is 32.1. The van der Waals surface area contributed by atoms with Crippen molar-refractivity contribution in [2.75, 3.05) is 12.4 Å². The molecule has 1 fully saturated rings. The van der Waals surface area contributed by atoms with E-state index in [4.69, 9.17) is 4.74 Å². The lowest BCUT2D eigenvalue weighted by atomic mass is 10.2. The Balaban J connectivity index is 1.63. The summed E-state index contributed by atoms with van der Waals surface area (Å²) in [6.07, 6.45) is 0.955. The van der Waals surface area contributed by atoms with E-state index in [0.29, 0.717) is 5.92 Å². The third kappa shape index (κ3) is 2.63. The van der Waals surface area contributed by atoms with Gasteiger partial charge in [0.2, 0.25) is 5.91 Å². The normalized spacial score (nSPS) is 20.9. The molecule has 19 heavy (non-hydrogen) atoms. The number of rotatable bonds is 4. The quantitative estimate of drug-likeness (QED) is 0.926. The van der Waals surface area contributed by atoms with Crippen LogP contribution in [0.3, 0.4) is 0 Å². The Hall–Kier alpha value is -1.81. The Morgan fingerprint density at radius 1 is 1.37 bits per heavy atom. The van der Waals surface area contributed by atoms with Gasteiger partial charge < -0.3 is 10.1 Å². The molecule has 1 aliphatic carbocycles. The summed E-state index contributed by atoms with van der Waals surface area (Å²) in [4.78, 5) is 13.4. The largest absolute Gasteiger partial charge is 0.497 e. The van der Waals surface area contributed by atoms with E-state index in [1.807, 2.05) is 30.3 Å². The second kappa shape index (κ2) is 5.05. The fraction of sp³-hybridized carbons (Fsp3) is 0.267. The molecule has 1 heterocycles. The van der Waals surface area contributed by atoms with Crippen molar-refractivity contribution in [1.29, 1.82) is 0 Å². The number of benzene rings is 1. The predicted molar refractivity (Wildman–Crippen MR) is 76.8 cm³/mol. The van der Waals surface area contributed by atoms with Gasteiger partial charge in [-0.1, -0.05) is 12.1 Å². The van der Waals surface area contributed by atoms with Crippen LogP contribution >= 0.6 is 11.3 Å². The molecule has 0 spiro atoms. The van der Waals surface area contributed by atoms with Gasteiger partial charge >= 0.3 is 0 Å². The van der Waals surface area contributed by atoms with E-state index in [2.05, 4.69) is 16.8 Å². The molecule has 98 valence electrons. The monoisotopic (exact) mass is 273 g/mol. The lowest BCUT2D eigenvalue weighted by molar-refractivity contribution is -0.117. The van der Waals surface area contributed by atoms with Crippen LogP contribution in [-0.4, -0.2) is 13.0 Å². The van der Waals surface area contributed by atoms with E-state index in [-0.39, 0.29) is 11.8 Å². The lowest BCUT2D eigenvalue weighted by Gasteiger charge is -2.06. The van der Waals surface area contributed by atoms with Gasteiger partial charge in [-0.3, -0.25) is 4.79 Å². The van der Waals surface area contributed by atoms with E-state index in [0.717, 1.165) is 17.9 Å². The number of carbonyl (C=O) groups is 1. The van der Waals surface area contributed by atoms with Crippen LogP contribution < -0.4 is 10.1 Å². The third-order valence-corrected chi connectivity index (χ3v) is 4.38. The Kier molecular flexibility index (Phi) is 3.25. The molecule has 1 N–H and O–H groups in total. The maximum atomic E-state index is 12.1. The fourth-order valence-electron chi connectivity index (χ4n) is 2.24. The highest BCUT2D eigenvalue weighted by Crippen LogP contribution is 2.49. The zero-order chi connectivity index (χ0) is 13.2. The van der Waals surface area contributed by atoms with E-state index < -0.39 is 0 Å². The number of nitrogens with one attached hydrogen (secondary N) is 1. The molecular formula is C15H15NO2S. The van der Waals surface area contributed by atoms with Gasteiger partial charge in [0.05, 0.1) is 7.11 Å². The minimum Gasteiger partial charge on any atom is -0.497 e. The van der Waals surface area contributed by atoms with E-state index in [9.17, 15) is 4.79 Å². The summed E-state index contributed by atoms with van der Waals surface area (Å²) < 4.78 is 5.14. The average molecular weight is 273 g/mol. The molecule has 0 bridgehead atoms. The summed E-state index contributed by atoms with van der Waals surface area (Å²) in [6.45, 7) is 0. The van der Waals surface area contributed by atoms with Gasteiger partial charge in [0, 0.05) is 28.5 Å². The van der Waals surface area contributed by atoms with Crippen molar-refractivity contribution in [3.8, 4) is 5.75 Å². The molecule has 0 aliphatic heterocycles. The van der Waals surface area contributed by atoms with Gasteiger partial charge in [-0.05, 0) is 30.0 Å². The topological polar surface area (TPSA) is 38.3 Å². The predicted octanol–water partition coefficient (Wildman–Crippen LogP) is 3.50. The molecule has 4 heteroatoms. The Bertz CT molecular complexity index is 580. The smallest absolute Gasteiger partial charge is 0.228 e. The standard InChI is InChI=1S/C15H15NO2S/c1-18-11-5-2-4-10(8-11)16-15(17)13-9-12(13)14-6-3-7-19-14/h2-8,12-13H,9H2,1H3,(H,16,17). The third-order valence-electron chi connectivity index (χ3n) is 3.37. The molecular weight excluding hydrogens is 258 g/mol. The second-order valence-corrected chi connectivity index (χ2v) is 5.66. The van der Waals surface area contributed by atoms with Crippen LogP contribution in [0.4, 0.5) is 5.69 Å². The van der Waals surface area contributed by atoms with Crippen LogP contribution in [0.25, 0.3) is 0 Å². The van der Waals surface area contributed by atoms with Gasteiger partial charge in [0.1, 0.15) is 5.75 Å². The Morgan fingerprint density at radius 3 is 3.00 bits per heavy atom. The molecule has 2 unspecified atom stereocenters. The molecule has 1 aromatic carbocycles. The van der Waals surface area contributed by atoms with Crippen molar-refractivity contribution in [2.45, 2.75) is 12.3 Å². The second-order valence-electron chi connectivity index (χ2n) is 4.69. The van der Waals surface area contributed by atoms with Crippen molar-refractivity contribution >= 4 is 22.9 Å². The molecule has 0 radical (unpaired) electrons. The minimum absolute atomic E-state index is 0.103. The Labute approximate surface area is 116 Å². The molecule has 0 saturated heterocycles. The zero-order valence-corrected chi connectivity index (χ0v) is 11.4. The lowest BCUT2D eigenvalue weighted by Crippen LogP contribution is -2.14. The maximum Gasteiger partial charge on any atom is 0.228 e. The first-order chi connectivity index (χ1) is 9.28. The highest BCUT2D eigenvalue weighted by molar-refractivity contribution is 7.10. The number of thiophene rings is 1. The fourth-order valence-corrected chi connectivity index (χ4v) is 3.14. The molecule has 1 aliphatic rings. The van der Waals surface area contributed by atoms with Gasteiger partial charge in [0.25, 0.3) is 0 Å². The number of amides is 1. The SMILES string of the molecule is COc1cccc(NC(=O)C2CC2c2cccs2)c1. The Morgan fingerprint density at radius 2 is 2.26 bits per heavy atom. The van der Waals surface area contributed by atoms with Gasteiger partial charge in [-0.2, -0.15) is 0 Å². The van der Waals surface area contributed by atoms with Crippen molar-refractivity contribution in [3.63, 3.8) is 0 Å². The van der Waals surface area contributed by atoms with Gasteiger partial charge in [-0.15, -0.1) is 11.3 Å². The first-order valence-electron chi connectivity index (χ1n) is 6.26. The molecule has 1 amide bonds. The highest BCUT2D eigenvalue weighted by Gasteiger charge is 2.44. The first kappa shape index (κ1) is 12.2. The van der Waals surface area contributed by atoms with Crippen LogP contribution in [0.2, 0.25) is 0 Å². The number of methoxy groups -OCH3 is 1. The number of ether oxygens (including phenoxy) is 1. The number of anilines is 1. The summed E-state index contributed by atoms with van der Waals surface area (Å²) in [7, 11) is 1.62. The van der Waals surface area contributed by atoms with E-state index >= 15 is 0 Å². The van der Waals surface area contributed by atoms with Crippen molar-refractivity contribution in [3.05, 3.63) is 46.7 Å². The number of carbonyl (C=O) groups excluding carboxylic acids is 1. The number of hydrogen-bond donors (Lipinski definition) is 1. The van der Waals surface area contributed by atoms with Crippen LogP contribution in [0.5, 0.6) is 5.75 Å². The van der Waals surface area contributed by atoms with Crippen LogP contribution in [0.15, 0.2) is 41.8 Å². The molecule has 2 aromatic rings. The van der Waals surface area contributed by atoms with Crippen molar-refractivity contribution in [1.82, 2.24) is 0 Å². The summed E-state index contributed by atoms with van der Waals surface area (Å²) in [5, 5.41) is 5.02. The molecule has 1 aromatic heterocycles. The van der Waals surface area contributed by atoms with Crippen molar-refractivity contribution < 1.29 is 9.53 Å². The summed E-state index contributed by atoms with van der Waals surface area (Å²) in [6, 6.07) is 11.6. The molecule has 3 nitrogen and oxygen atoms in total. The van der Waals surface area contributed by atoms with Crippen LogP contribution in [-0.2, 0) is 4.79 Å². The summed E-state index contributed by atoms with van der Waals surface area (Å²) in [5.74, 6) is 1.38. The molecule has 1 saturated carbocycles.